The molecular weight excluding hydrogens is 214 g/mol. The number of hydrogen-bond donors (Lipinski definition) is 1. The van der Waals surface area contributed by atoms with E-state index in [0.29, 0.717) is 11.8 Å². The molecule has 1 aromatic carbocycles. The van der Waals surface area contributed by atoms with Crippen molar-refractivity contribution in [2.24, 2.45) is 0 Å². The van der Waals surface area contributed by atoms with Crippen LogP contribution in [0, 0.1) is 13.8 Å². The Morgan fingerprint density at radius 3 is 2.71 bits per heavy atom. The molecule has 2 aromatic rings. The van der Waals surface area contributed by atoms with E-state index in [4.69, 9.17) is 4.74 Å². The molecule has 0 fully saturated rings. The van der Waals surface area contributed by atoms with Crippen LogP contribution < -0.4 is 10.1 Å². The lowest BCUT2D eigenvalue weighted by molar-refractivity contribution is 0.459. The highest BCUT2D eigenvalue weighted by molar-refractivity contribution is 5.38. The fourth-order valence-electron chi connectivity index (χ4n) is 1.55. The van der Waals surface area contributed by atoms with Crippen molar-refractivity contribution < 1.29 is 4.74 Å². The van der Waals surface area contributed by atoms with Crippen LogP contribution in [0.2, 0.25) is 0 Å². The summed E-state index contributed by atoms with van der Waals surface area (Å²) in [6, 6.07) is 7.78. The van der Waals surface area contributed by atoms with Gasteiger partial charge >= 0.3 is 0 Å². The molecule has 17 heavy (non-hydrogen) atoms. The molecule has 0 aliphatic rings. The minimum absolute atomic E-state index is 0.538. The number of nitrogens with zero attached hydrogens (tertiary/aromatic N) is 2. The molecule has 2 rings (SSSR count). The van der Waals surface area contributed by atoms with E-state index in [2.05, 4.69) is 28.3 Å². The number of hydrogen-bond acceptors (Lipinski definition) is 4. The van der Waals surface area contributed by atoms with Crippen LogP contribution in [-0.4, -0.2) is 17.0 Å². The number of rotatable bonds is 3. The Bertz CT molecular complexity index is 526. The molecule has 4 heteroatoms. The first kappa shape index (κ1) is 11.4. The maximum atomic E-state index is 5.72. The van der Waals surface area contributed by atoms with E-state index >= 15 is 0 Å². The molecule has 1 N–H and O–H groups in total. The molecule has 88 valence electrons. The molecule has 0 atom stereocenters. The van der Waals surface area contributed by atoms with E-state index in [0.717, 1.165) is 11.3 Å². The van der Waals surface area contributed by atoms with Crippen LogP contribution in [0.15, 0.2) is 30.5 Å². The first-order valence-corrected chi connectivity index (χ1v) is 5.45. The Labute approximate surface area is 101 Å². The summed E-state index contributed by atoms with van der Waals surface area (Å²) >= 11 is 0. The number of aromatic nitrogens is 2. The van der Waals surface area contributed by atoms with Gasteiger partial charge in [-0.25, -0.2) is 4.98 Å². The average molecular weight is 229 g/mol. The van der Waals surface area contributed by atoms with Crippen LogP contribution in [0.5, 0.6) is 11.6 Å². The molecule has 0 saturated heterocycles. The smallest absolute Gasteiger partial charge is 0.225 e. The zero-order chi connectivity index (χ0) is 12.3. The summed E-state index contributed by atoms with van der Waals surface area (Å²) in [5.74, 6) is 1.90. The summed E-state index contributed by atoms with van der Waals surface area (Å²) < 4.78 is 5.72. The Kier molecular flexibility index (Phi) is 3.23. The molecule has 0 saturated carbocycles. The van der Waals surface area contributed by atoms with E-state index in [1.165, 1.54) is 5.56 Å². The molecule has 1 heterocycles. The summed E-state index contributed by atoms with van der Waals surface area (Å²) in [6.07, 6.45) is 1.66. The lowest BCUT2D eigenvalue weighted by Gasteiger charge is -2.08. The van der Waals surface area contributed by atoms with Gasteiger partial charge in [0.05, 0.1) is 0 Å². The Hall–Kier alpha value is -2.10. The van der Waals surface area contributed by atoms with Crippen LogP contribution in [0.4, 0.5) is 5.95 Å². The second kappa shape index (κ2) is 4.82. The van der Waals surface area contributed by atoms with Crippen molar-refractivity contribution in [3.8, 4) is 11.6 Å². The Morgan fingerprint density at radius 1 is 1.18 bits per heavy atom. The first-order chi connectivity index (χ1) is 8.19. The van der Waals surface area contributed by atoms with Crippen molar-refractivity contribution in [2.45, 2.75) is 13.8 Å². The number of aryl methyl sites for hydroxylation is 2. The minimum atomic E-state index is 0.538. The van der Waals surface area contributed by atoms with Gasteiger partial charge in [-0.1, -0.05) is 17.7 Å². The summed E-state index contributed by atoms with van der Waals surface area (Å²) in [4.78, 5) is 8.24. The normalized spacial score (nSPS) is 10.1. The Balaban J connectivity index is 2.25. The third-order valence-corrected chi connectivity index (χ3v) is 2.40. The van der Waals surface area contributed by atoms with Gasteiger partial charge in [0.2, 0.25) is 11.8 Å². The molecule has 0 unspecified atom stereocenters. The first-order valence-electron chi connectivity index (χ1n) is 5.45. The number of nitrogens with one attached hydrogen (secondary N) is 1. The molecule has 0 radical (unpaired) electrons. The zero-order valence-electron chi connectivity index (χ0n) is 10.2. The standard InChI is InChI=1S/C13H15N3O/c1-9-4-5-11(10(2)8-9)17-12-6-7-15-13(14-3)16-12/h4-8H,1-3H3,(H,14,15,16). The predicted octanol–water partition coefficient (Wildman–Crippen LogP) is 2.93. The molecule has 0 amide bonds. The monoisotopic (exact) mass is 229 g/mol. The quantitative estimate of drug-likeness (QED) is 0.879. The van der Waals surface area contributed by atoms with Gasteiger partial charge in [0.15, 0.2) is 0 Å². The lowest BCUT2D eigenvalue weighted by atomic mass is 10.1. The maximum absolute atomic E-state index is 5.72. The second-order valence-corrected chi connectivity index (χ2v) is 3.84. The topological polar surface area (TPSA) is 47.0 Å². The van der Waals surface area contributed by atoms with Crippen molar-refractivity contribution >= 4 is 5.95 Å². The highest BCUT2D eigenvalue weighted by Crippen LogP contribution is 2.24. The Morgan fingerprint density at radius 2 is 2.00 bits per heavy atom. The van der Waals surface area contributed by atoms with E-state index in [1.807, 2.05) is 19.1 Å². The molecule has 1 aromatic heterocycles. The third-order valence-electron chi connectivity index (χ3n) is 2.40. The van der Waals surface area contributed by atoms with Crippen LogP contribution in [0.3, 0.4) is 0 Å². The van der Waals surface area contributed by atoms with Gasteiger partial charge in [-0.05, 0) is 25.5 Å². The largest absolute Gasteiger partial charge is 0.439 e. The van der Waals surface area contributed by atoms with Gasteiger partial charge in [0.1, 0.15) is 5.75 Å². The van der Waals surface area contributed by atoms with Crippen molar-refractivity contribution in [1.29, 1.82) is 0 Å². The van der Waals surface area contributed by atoms with Gasteiger partial charge in [-0.2, -0.15) is 4.98 Å². The molecule has 0 aliphatic heterocycles. The molecule has 0 bridgehead atoms. The summed E-state index contributed by atoms with van der Waals surface area (Å²) in [6.45, 7) is 4.07. The second-order valence-electron chi connectivity index (χ2n) is 3.84. The third kappa shape index (κ3) is 2.72. The summed E-state index contributed by atoms with van der Waals surface area (Å²) in [5.41, 5.74) is 2.31. The fraction of sp³-hybridized carbons (Fsp3) is 0.231. The molecule has 4 nitrogen and oxygen atoms in total. The van der Waals surface area contributed by atoms with Gasteiger partial charge < -0.3 is 10.1 Å². The van der Waals surface area contributed by atoms with Crippen molar-refractivity contribution in [1.82, 2.24) is 9.97 Å². The predicted molar refractivity (Wildman–Crippen MR) is 67.6 cm³/mol. The highest BCUT2D eigenvalue weighted by atomic mass is 16.5. The van der Waals surface area contributed by atoms with E-state index in [1.54, 1.807) is 19.3 Å². The lowest BCUT2D eigenvalue weighted by Crippen LogP contribution is -1.97. The fourth-order valence-corrected chi connectivity index (χ4v) is 1.55. The highest BCUT2D eigenvalue weighted by Gasteiger charge is 2.03. The van der Waals surface area contributed by atoms with E-state index in [-0.39, 0.29) is 0 Å². The van der Waals surface area contributed by atoms with Crippen molar-refractivity contribution in [3.05, 3.63) is 41.6 Å². The van der Waals surface area contributed by atoms with Crippen LogP contribution >= 0.6 is 0 Å². The van der Waals surface area contributed by atoms with Crippen LogP contribution in [0.25, 0.3) is 0 Å². The van der Waals surface area contributed by atoms with Crippen LogP contribution in [-0.2, 0) is 0 Å². The van der Waals surface area contributed by atoms with Gasteiger partial charge in [-0.3, -0.25) is 0 Å². The minimum Gasteiger partial charge on any atom is -0.439 e. The molecule has 0 aliphatic carbocycles. The van der Waals surface area contributed by atoms with Gasteiger partial charge in [-0.15, -0.1) is 0 Å². The molecular formula is C13H15N3O. The van der Waals surface area contributed by atoms with E-state index < -0.39 is 0 Å². The average Bonchev–Trinajstić information content (AvgIpc) is 2.33. The molecule has 0 spiro atoms. The summed E-state index contributed by atoms with van der Waals surface area (Å²) in [5, 5.41) is 2.87. The number of ether oxygens (including phenoxy) is 1. The van der Waals surface area contributed by atoms with E-state index in [9.17, 15) is 0 Å². The zero-order valence-corrected chi connectivity index (χ0v) is 10.2. The van der Waals surface area contributed by atoms with Gasteiger partial charge in [0.25, 0.3) is 0 Å². The SMILES string of the molecule is CNc1nccc(Oc2ccc(C)cc2C)n1. The number of benzene rings is 1. The van der Waals surface area contributed by atoms with Crippen LogP contribution in [0.1, 0.15) is 11.1 Å². The maximum Gasteiger partial charge on any atom is 0.225 e. The summed E-state index contributed by atoms with van der Waals surface area (Å²) in [7, 11) is 1.77. The van der Waals surface area contributed by atoms with Crippen molar-refractivity contribution in [2.75, 3.05) is 12.4 Å². The van der Waals surface area contributed by atoms with Crippen molar-refractivity contribution in [3.63, 3.8) is 0 Å². The number of anilines is 1. The van der Waals surface area contributed by atoms with Gasteiger partial charge in [0, 0.05) is 19.3 Å².